The smallest absolute Gasteiger partial charge is 0.260 e. The van der Waals surface area contributed by atoms with Crippen molar-refractivity contribution in [3.8, 4) is 11.5 Å². The van der Waals surface area contributed by atoms with E-state index in [1.807, 2.05) is 18.2 Å². The molecule has 1 aliphatic heterocycles. The van der Waals surface area contributed by atoms with Gasteiger partial charge in [-0.05, 0) is 56.2 Å². The van der Waals surface area contributed by atoms with Crippen LogP contribution >= 0.6 is 0 Å². The molecule has 1 atom stereocenters. The Bertz CT molecular complexity index is 910. The zero-order chi connectivity index (χ0) is 21.4. The molecule has 0 aromatic heterocycles. The van der Waals surface area contributed by atoms with E-state index < -0.39 is 16.1 Å². The lowest BCUT2D eigenvalue weighted by molar-refractivity contribution is -0.127. The second kappa shape index (κ2) is 10.4. The Kier molecular flexibility index (Phi) is 7.70. The standard InChI is InChI=1S/C22H28N2O5S/c1-18(29-20-8-4-2-5-9-20)22(25)23-14-17-28-19-10-12-21(13-11-19)30(26,27)24-15-6-3-7-16-24/h2,4-5,8-13,18H,3,6-7,14-17H2,1H3,(H,23,25). The van der Waals surface area contributed by atoms with Crippen LogP contribution in [0.5, 0.6) is 11.5 Å². The number of para-hydroxylation sites is 1. The predicted molar refractivity (Wildman–Crippen MR) is 114 cm³/mol. The van der Waals surface area contributed by atoms with E-state index in [2.05, 4.69) is 5.32 Å². The maximum atomic E-state index is 12.7. The number of nitrogens with one attached hydrogen (secondary N) is 1. The fourth-order valence-corrected chi connectivity index (χ4v) is 4.72. The van der Waals surface area contributed by atoms with Gasteiger partial charge in [0.2, 0.25) is 10.0 Å². The van der Waals surface area contributed by atoms with Crippen molar-refractivity contribution < 1.29 is 22.7 Å². The molecule has 0 saturated carbocycles. The van der Waals surface area contributed by atoms with Crippen LogP contribution in [0.3, 0.4) is 0 Å². The van der Waals surface area contributed by atoms with Crippen molar-refractivity contribution in [2.24, 2.45) is 0 Å². The molecule has 1 aliphatic rings. The van der Waals surface area contributed by atoms with Gasteiger partial charge in [-0.25, -0.2) is 8.42 Å². The lowest BCUT2D eigenvalue weighted by Gasteiger charge is -2.25. The third-order valence-corrected chi connectivity index (χ3v) is 6.78. The molecule has 1 heterocycles. The average molecular weight is 433 g/mol. The summed E-state index contributed by atoms with van der Waals surface area (Å²) in [6, 6.07) is 15.6. The minimum absolute atomic E-state index is 0.231. The number of piperidine rings is 1. The Labute approximate surface area is 178 Å². The van der Waals surface area contributed by atoms with Crippen LogP contribution in [0.25, 0.3) is 0 Å². The summed E-state index contributed by atoms with van der Waals surface area (Å²) in [6.45, 7) is 3.42. The molecule has 0 spiro atoms. The molecule has 1 amide bonds. The van der Waals surface area contributed by atoms with Gasteiger partial charge in [-0.3, -0.25) is 4.79 Å². The zero-order valence-corrected chi connectivity index (χ0v) is 17.9. The van der Waals surface area contributed by atoms with Gasteiger partial charge in [0.05, 0.1) is 11.4 Å². The van der Waals surface area contributed by atoms with Gasteiger partial charge < -0.3 is 14.8 Å². The summed E-state index contributed by atoms with van der Waals surface area (Å²) in [7, 11) is -3.44. The fraction of sp³-hybridized carbons (Fsp3) is 0.409. The molecule has 0 radical (unpaired) electrons. The highest BCUT2D eigenvalue weighted by molar-refractivity contribution is 7.89. The minimum Gasteiger partial charge on any atom is -0.492 e. The molecule has 1 N–H and O–H groups in total. The summed E-state index contributed by atoms with van der Waals surface area (Å²) >= 11 is 0. The summed E-state index contributed by atoms with van der Waals surface area (Å²) < 4.78 is 38.0. The Morgan fingerprint density at radius 3 is 2.33 bits per heavy atom. The molecule has 2 aromatic rings. The topological polar surface area (TPSA) is 84.9 Å². The Balaban J connectivity index is 1.42. The van der Waals surface area contributed by atoms with E-state index in [-0.39, 0.29) is 17.4 Å². The van der Waals surface area contributed by atoms with Crippen molar-refractivity contribution in [1.29, 1.82) is 0 Å². The number of nitrogens with zero attached hydrogens (tertiary/aromatic N) is 1. The van der Waals surface area contributed by atoms with E-state index in [1.54, 1.807) is 47.6 Å². The summed E-state index contributed by atoms with van der Waals surface area (Å²) in [6.07, 6.45) is 2.26. The molecule has 30 heavy (non-hydrogen) atoms. The highest BCUT2D eigenvalue weighted by Gasteiger charge is 2.25. The van der Waals surface area contributed by atoms with Crippen LogP contribution in [0.4, 0.5) is 0 Å². The number of hydrogen-bond acceptors (Lipinski definition) is 5. The van der Waals surface area contributed by atoms with Crippen molar-refractivity contribution in [1.82, 2.24) is 9.62 Å². The summed E-state index contributed by atoms with van der Waals surface area (Å²) in [5.74, 6) is 0.955. The van der Waals surface area contributed by atoms with Crippen molar-refractivity contribution in [2.45, 2.75) is 37.2 Å². The van der Waals surface area contributed by atoms with Gasteiger partial charge in [0.1, 0.15) is 18.1 Å². The number of benzene rings is 2. The number of hydrogen-bond donors (Lipinski definition) is 1. The zero-order valence-electron chi connectivity index (χ0n) is 17.1. The number of ether oxygens (including phenoxy) is 2. The lowest BCUT2D eigenvalue weighted by Crippen LogP contribution is -2.38. The van der Waals surface area contributed by atoms with Gasteiger partial charge in [-0.2, -0.15) is 4.31 Å². The first-order valence-corrected chi connectivity index (χ1v) is 11.6. The lowest BCUT2D eigenvalue weighted by atomic mass is 10.2. The van der Waals surface area contributed by atoms with E-state index in [1.165, 1.54) is 0 Å². The molecule has 0 aliphatic carbocycles. The van der Waals surface area contributed by atoms with E-state index in [4.69, 9.17) is 9.47 Å². The highest BCUT2D eigenvalue weighted by Crippen LogP contribution is 2.22. The Morgan fingerprint density at radius 1 is 1.00 bits per heavy atom. The quantitative estimate of drug-likeness (QED) is 0.616. The first kappa shape index (κ1) is 22.1. The third kappa shape index (κ3) is 5.96. The van der Waals surface area contributed by atoms with Crippen molar-refractivity contribution in [2.75, 3.05) is 26.2 Å². The molecule has 8 heteroatoms. The maximum Gasteiger partial charge on any atom is 0.260 e. The van der Waals surface area contributed by atoms with Gasteiger partial charge in [0.25, 0.3) is 5.91 Å². The monoisotopic (exact) mass is 432 g/mol. The average Bonchev–Trinajstić information content (AvgIpc) is 2.78. The van der Waals surface area contributed by atoms with Gasteiger partial charge in [0.15, 0.2) is 6.10 Å². The van der Waals surface area contributed by atoms with Crippen molar-refractivity contribution in [3.63, 3.8) is 0 Å². The first-order chi connectivity index (χ1) is 14.5. The van der Waals surface area contributed by atoms with Crippen LogP contribution in [0.15, 0.2) is 59.5 Å². The second-order valence-corrected chi connectivity index (χ2v) is 9.09. The van der Waals surface area contributed by atoms with Crippen molar-refractivity contribution >= 4 is 15.9 Å². The number of sulfonamides is 1. The first-order valence-electron chi connectivity index (χ1n) is 10.2. The third-order valence-electron chi connectivity index (χ3n) is 4.87. The molecule has 1 unspecified atom stereocenters. The van der Waals surface area contributed by atoms with Gasteiger partial charge in [-0.1, -0.05) is 24.6 Å². The van der Waals surface area contributed by atoms with Crippen LogP contribution in [0.1, 0.15) is 26.2 Å². The van der Waals surface area contributed by atoms with Crippen molar-refractivity contribution in [3.05, 3.63) is 54.6 Å². The van der Waals surface area contributed by atoms with E-state index >= 15 is 0 Å². The normalized spacial score (nSPS) is 15.9. The number of amides is 1. The SMILES string of the molecule is CC(Oc1ccccc1)C(=O)NCCOc1ccc(S(=O)(=O)N2CCCCC2)cc1. The molecule has 7 nitrogen and oxygen atoms in total. The molecular weight excluding hydrogens is 404 g/mol. The molecule has 1 fully saturated rings. The largest absolute Gasteiger partial charge is 0.492 e. The van der Waals surface area contributed by atoms with Crippen LogP contribution in [-0.4, -0.2) is 51.0 Å². The van der Waals surface area contributed by atoms with Gasteiger partial charge in [-0.15, -0.1) is 0 Å². The maximum absolute atomic E-state index is 12.7. The summed E-state index contributed by atoms with van der Waals surface area (Å²) in [5, 5.41) is 2.76. The molecule has 2 aromatic carbocycles. The van der Waals surface area contributed by atoms with E-state index in [9.17, 15) is 13.2 Å². The van der Waals surface area contributed by atoms with Gasteiger partial charge >= 0.3 is 0 Å². The summed E-state index contributed by atoms with van der Waals surface area (Å²) in [4.78, 5) is 12.4. The number of carbonyl (C=O) groups is 1. The minimum atomic E-state index is -3.44. The number of rotatable bonds is 9. The summed E-state index contributed by atoms with van der Waals surface area (Å²) in [5.41, 5.74) is 0. The number of carbonyl (C=O) groups excluding carboxylic acids is 1. The van der Waals surface area contributed by atoms with Crippen LogP contribution in [0.2, 0.25) is 0 Å². The van der Waals surface area contributed by atoms with Gasteiger partial charge in [0, 0.05) is 13.1 Å². The molecule has 3 rings (SSSR count). The molecular formula is C22H28N2O5S. The fourth-order valence-electron chi connectivity index (χ4n) is 3.21. The Morgan fingerprint density at radius 2 is 1.67 bits per heavy atom. The van der Waals surface area contributed by atoms with Crippen LogP contribution in [-0.2, 0) is 14.8 Å². The predicted octanol–water partition coefficient (Wildman–Crippen LogP) is 2.82. The van der Waals surface area contributed by atoms with E-state index in [0.717, 1.165) is 19.3 Å². The molecule has 162 valence electrons. The Hall–Kier alpha value is -2.58. The van der Waals surface area contributed by atoms with Crippen LogP contribution in [0, 0.1) is 0 Å². The highest BCUT2D eigenvalue weighted by atomic mass is 32.2. The molecule has 1 saturated heterocycles. The van der Waals surface area contributed by atoms with E-state index in [0.29, 0.717) is 31.1 Å². The second-order valence-electron chi connectivity index (χ2n) is 7.15. The molecule has 0 bridgehead atoms. The van der Waals surface area contributed by atoms with Crippen LogP contribution < -0.4 is 14.8 Å².